The van der Waals surface area contributed by atoms with E-state index in [1.807, 2.05) is 13.8 Å². The van der Waals surface area contributed by atoms with Gasteiger partial charge < -0.3 is 29.2 Å². The van der Waals surface area contributed by atoms with Gasteiger partial charge in [0.05, 0.1) is 28.4 Å². The molecule has 0 bridgehead atoms. The van der Waals surface area contributed by atoms with Gasteiger partial charge >= 0.3 is 0 Å². The van der Waals surface area contributed by atoms with E-state index in [-0.39, 0.29) is 35.4 Å². The monoisotopic (exact) mass is 418 g/mol. The van der Waals surface area contributed by atoms with Gasteiger partial charge in [0.1, 0.15) is 0 Å². The van der Waals surface area contributed by atoms with Crippen molar-refractivity contribution < 1.29 is 34.0 Å². The molecule has 0 fully saturated rings. The van der Waals surface area contributed by atoms with Crippen molar-refractivity contribution in [2.24, 2.45) is 0 Å². The van der Waals surface area contributed by atoms with Crippen LogP contribution >= 0.6 is 0 Å². The molecule has 0 saturated carbocycles. The Morgan fingerprint density at radius 2 is 1.50 bits per heavy atom. The molecule has 0 amide bonds. The number of rotatable bonds is 10. The topological polar surface area (TPSA) is 94.5 Å². The van der Waals surface area contributed by atoms with Crippen molar-refractivity contribution in [3.63, 3.8) is 0 Å². The Hall–Kier alpha value is -3.09. The lowest BCUT2D eigenvalue weighted by molar-refractivity contribution is 0.0974. The van der Waals surface area contributed by atoms with Crippen LogP contribution in [0.25, 0.3) is 0 Å². The summed E-state index contributed by atoms with van der Waals surface area (Å²) in [4.78, 5) is 13.1. The predicted octanol–water partition coefficient (Wildman–Crippen LogP) is 4.46. The van der Waals surface area contributed by atoms with Crippen LogP contribution in [-0.4, -0.2) is 44.4 Å². The van der Waals surface area contributed by atoms with Crippen molar-refractivity contribution in [1.82, 2.24) is 0 Å². The van der Waals surface area contributed by atoms with E-state index in [0.29, 0.717) is 29.2 Å². The van der Waals surface area contributed by atoms with E-state index >= 15 is 0 Å². The Balaban J connectivity index is 2.44. The fourth-order valence-corrected chi connectivity index (χ4v) is 3.66. The summed E-state index contributed by atoms with van der Waals surface area (Å²) in [6.07, 6.45) is 1.69. The Morgan fingerprint density at radius 1 is 0.933 bits per heavy atom. The molecular weight excluding hydrogens is 388 g/mol. The molecule has 7 nitrogen and oxygen atoms in total. The number of hydrogen-bond donors (Lipinski definition) is 2. The molecule has 7 heteroatoms. The van der Waals surface area contributed by atoms with Crippen molar-refractivity contribution in [1.29, 1.82) is 0 Å². The van der Waals surface area contributed by atoms with E-state index in [1.54, 1.807) is 12.1 Å². The molecule has 1 unspecified atom stereocenters. The number of ether oxygens (including phenoxy) is 4. The third-order valence-electron chi connectivity index (χ3n) is 5.05. The highest BCUT2D eigenvalue weighted by Gasteiger charge is 2.25. The Morgan fingerprint density at radius 3 is 1.97 bits per heavy atom. The number of phenols is 2. The number of phenolic OH excluding ortho intramolecular Hbond substituents is 2. The van der Waals surface area contributed by atoms with Gasteiger partial charge in [0.25, 0.3) is 0 Å². The number of aromatic hydroxyl groups is 2. The van der Waals surface area contributed by atoms with Gasteiger partial charge in [-0.25, -0.2) is 0 Å². The molecule has 30 heavy (non-hydrogen) atoms. The van der Waals surface area contributed by atoms with E-state index in [4.69, 9.17) is 18.9 Å². The Labute approximate surface area is 177 Å². The summed E-state index contributed by atoms with van der Waals surface area (Å²) in [7, 11) is 5.93. The minimum atomic E-state index is -0.320. The molecule has 0 aliphatic carbocycles. The fraction of sp³-hybridized carbons (Fsp3) is 0.435. The molecule has 164 valence electrons. The average Bonchev–Trinajstić information content (AvgIpc) is 2.74. The SMILES string of the molecule is CCCc1cc(O)c(O)c(OC)c1C(C)CC(=O)c1cc(OC)c(OC)c(OC)c1. The first-order valence-corrected chi connectivity index (χ1v) is 9.77. The first kappa shape index (κ1) is 23.2. The van der Waals surface area contributed by atoms with Crippen LogP contribution < -0.4 is 18.9 Å². The molecule has 2 aromatic carbocycles. The number of aryl methyl sites for hydroxylation is 1. The van der Waals surface area contributed by atoms with Crippen LogP contribution in [0.3, 0.4) is 0 Å². The van der Waals surface area contributed by atoms with Crippen LogP contribution in [0.1, 0.15) is 54.1 Å². The van der Waals surface area contributed by atoms with E-state index in [1.165, 1.54) is 34.5 Å². The number of ketones is 1. The first-order valence-electron chi connectivity index (χ1n) is 9.77. The number of carbonyl (C=O) groups is 1. The lowest BCUT2D eigenvalue weighted by Crippen LogP contribution is -2.10. The molecule has 2 rings (SSSR count). The minimum absolute atomic E-state index is 0.126. The molecule has 0 radical (unpaired) electrons. The average molecular weight is 418 g/mol. The first-order chi connectivity index (χ1) is 14.3. The number of hydrogen-bond acceptors (Lipinski definition) is 7. The molecule has 0 aliphatic rings. The summed E-state index contributed by atoms with van der Waals surface area (Å²) in [5.41, 5.74) is 1.99. The van der Waals surface area contributed by atoms with Gasteiger partial charge in [0.2, 0.25) is 11.5 Å². The number of Topliss-reactive ketones (excluding diaryl/α,β-unsaturated/α-hetero) is 1. The molecule has 0 spiro atoms. The molecule has 1 atom stereocenters. The van der Waals surface area contributed by atoms with Gasteiger partial charge in [0.15, 0.2) is 28.8 Å². The quantitative estimate of drug-likeness (QED) is 0.434. The van der Waals surface area contributed by atoms with E-state index in [0.717, 1.165) is 17.5 Å². The third kappa shape index (κ3) is 4.56. The van der Waals surface area contributed by atoms with Crippen LogP contribution in [0, 0.1) is 0 Å². The summed E-state index contributed by atoms with van der Waals surface area (Å²) >= 11 is 0. The lowest BCUT2D eigenvalue weighted by Gasteiger charge is -2.21. The molecule has 2 aromatic rings. The highest BCUT2D eigenvalue weighted by Crippen LogP contribution is 2.45. The van der Waals surface area contributed by atoms with Crippen LogP contribution in [-0.2, 0) is 6.42 Å². The van der Waals surface area contributed by atoms with Crippen molar-refractivity contribution in [3.05, 3.63) is 34.9 Å². The van der Waals surface area contributed by atoms with Crippen LogP contribution in [0.2, 0.25) is 0 Å². The maximum atomic E-state index is 13.1. The summed E-state index contributed by atoms with van der Waals surface area (Å²) < 4.78 is 21.4. The molecule has 2 N–H and O–H groups in total. The highest BCUT2D eigenvalue weighted by molar-refractivity contribution is 5.98. The number of methoxy groups -OCH3 is 4. The zero-order valence-corrected chi connectivity index (χ0v) is 18.4. The number of carbonyl (C=O) groups excluding carboxylic acids is 1. The zero-order chi connectivity index (χ0) is 22.4. The summed E-state index contributed by atoms with van der Waals surface area (Å²) in [5.74, 6) is 0.474. The molecule has 0 aliphatic heterocycles. The van der Waals surface area contributed by atoms with Crippen molar-refractivity contribution in [2.75, 3.05) is 28.4 Å². The smallest absolute Gasteiger partial charge is 0.203 e. The Bertz CT molecular complexity index is 880. The standard InChI is InChI=1S/C23H30O7/c1-7-8-14-10-17(25)21(26)23(30-6)20(14)13(2)9-16(24)15-11-18(27-3)22(29-5)19(12-15)28-4/h10-13,25-26H,7-9H2,1-6H3. The van der Waals surface area contributed by atoms with E-state index in [9.17, 15) is 15.0 Å². The zero-order valence-electron chi connectivity index (χ0n) is 18.4. The molecule has 0 aromatic heterocycles. The third-order valence-corrected chi connectivity index (χ3v) is 5.05. The second-order valence-corrected chi connectivity index (χ2v) is 7.04. The maximum Gasteiger partial charge on any atom is 0.203 e. The van der Waals surface area contributed by atoms with E-state index in [2.05, 4.69) is 0 Å². The summed E-state index contributed by atoms with van der Waals surface area (Å²) in [6.45, 7) is 3.91. The second kappa shape index (κ2) is 10.1. The maximum absolute atomic E-state index is 13.1. The fourth-order valence-electron chi connectivity index (χ4n) is 3.66. The van der Waals surface area contributed by atoms with Crippen molar-refractivity contribution >= 4 is 5.78 Å². The lowest BCUT2D eigenvalue weighted by atomic mass is 9.87. The largest absolute Gasteiger partial charge is 0.504 e. The van der Waals surface area contributed by atoms with Gasteiger partial charge in [-0.3, -0.25) is 4.79 Å². The van der Waals surface area contributed by atoms with Crippen LogP contribution in [0.4, 0.5) is 0 Å². The van der Waals surface area contributed by atoms with Crippen molar-refractivity contribution in [2.45, 2.75) is 39.0 Å². The minimum Gasteiger partial charge on any atom is -0.504 e. The normalized spacial score (nSPS) is 11.7. The predicted molar refractivity (Wildman–Crippen MR) is 114 cm³/mol. The van der Waals surface area contributed by atoms with E-state index < -0.39 is 0 Å². The molecule has 0 saturated heterocycles. The number of benzene rings is 2. The van der Waals surface area contributed by atoms with Gasteiger partial charge in [-0.2, -0.15) is 0 Å². The second-order valence-electron chi connectivity index (χ2n) is 7.04. The van der Waals surface area contributed by atoms with Gasteiger partial charge in [-0.05, 0) is 36.1 Å². The van der Waals surface area contributed by atoms with Crippen molar-refractivity contribution in [3.8, 4) is 34.5 Å². The van der Waals surface area contributed by atoms with Crippen LogP contribution in [0.15, 0.2) is 18.2 Å². The van der Waals surface area contributed by atoms with Gasteiger partial charge in [0, 0.05) is 17.5 Å². The molecular formula is C23H30O7. The van der Waals surface area contributed by atoms with Gasteiger partial charge in [-0.15, -0.1) is 0 Å². The van der Waals surface area contributed by atoms with Crippen LogP contribution in [0.5, 0.6) is 34.5 Å². The van der Waals surface area contributed by atoms with Gasteiger partial charge in [-0.1, -0.05) is 20.3 Å². The summed E-state index contributed by atoms with van der Waals surface area (Å²) in [6, 6.07) is 4.78. The highest BCUT2D eigenvalue weighted by atomic mass is 16.5. The Kier molecular flexibility index (Phi) is 7.80. The summed E-state index contributed by atoms with van der Waals surface area (Å²) in [5, 5.41) is 20.3. The molecule has 0 heterocycles.